The number of carbonyl (C=O) groups excluding carboxylic acids is 3. The summed E-state index contributed by atoms with van der Waals surface area (Å²) >= 11 is 0. The van der Waals surface area contributed by atoms with E-state index in [1.807, 2.05) is 24.3 Å². The minimum atomic E-state index is -4.01. The maximum atomic E-state index is 15.0. The molecule has 356 valence electrons. The summed E-state index contributed by atoms with van der Waals surface area (Å²) in [6.45, 7) is 9.92. The molecule has 0 spiro atoms. The van der Waals surface area contributed by atoms with Gasteiger partial charge in [0.2, 0.25) is 21.8 Å². The van der Waals surface area contributed by atoms with E-state index in [0.29, 0.717) is 56.9 Å². The first-order chi connectivity index (χ1) is 31.4. The van der Waals surface area contributed by atoms with Gasteiger partial charge in [0, 0.05) is 43.9 Å². The van der Waals surface area contributed by atoms with Crippen LogP contribution in [0.15, 0.2) is 36.9 Å². The van der Waals surface area contributed by atoms with Gasteiger partial charge in [0.05, 0.1) is 41.1 Å². The Balaban J connectivity index is 1.05. The van der Waals surface area contributed by atoms with Crippen LogP contribution < -0.4 is 24.8 Å². The number of fused-ring (bicyclic) bond motifs is 5. The Morgan fingerprint density at radius 1 is 1.00 bits per heavy atom. The zero-order valence-corrected chi connectivity index (χ0v) is 38.7. The fourth-order valence-corrected chi connectivity index (χ4v) is 12.2. The normalized spacial score (nSPS) is 33.2. The van der Waals surface area contributed by atoms with Gasteiger partial charge in [-0.15, -0.1) is 6.58 Å². The Morgan fingerprint density at radius 3 is 2.46 bits per heavy atom. The Bertz CT molecular complexity index is 2190. The summed E-state index contributed by atoms with van der Waals surface area (Å²) in [6.07, 6.45) is 10.3. The van der Waals surface area contributed by atoms with Crippen molar-refractivity contribution < 1.29 is 46.9 Å². The van der Waals surface area contributed by atoms with Crippen LogP contribution in [0.25, 0.3) is 10.9 Å². The van der Waals surface area contributed by atoms with Crippen molar-refractivity contribution in [1.29, 1.82) is 0 Å². The standard InChI is InChI=1S/C48H68N6O10S/c1-3-33-18-19-48(33,45(57)52-65(59,60)47(2)20-21-47)51-42(55)38-29-34-30-54(38)44(56)40(31-12-6-4-7-13-31)50-46(58)64-39-28-32(39)14-8-5-9-16-36-41(62-27-24-53-22-25-61-26-23-53)35-15-10-11-17-37(35)49-43(36)63-34/h3,10-11,15,17,31-34,38-40,44,56H,1,4-9,12-14,16,18-30H2,2H3,(H,50,58)(H,51,55)(H,52,57). The van der Waals surface area contributed by atoms with Crippen LogP contribution >= 0.6 is 0 Å². The van der Waals surface area contributed by atoms with Crippen molar-refractivity contribution in [3.8, 4) is 11.6 Å². The topological polar surface area (TPSA) is 198 Å². The number of aliphatic hydroxyl groups excluding tert-OH is 1. The Hall–Kier alpha value is -4.03. The molecule has 3 amide bonds. The maximum Gasteiger partial charge on any atom is 0.407 e. The van der Waals surface area contributed by atoms with Gasteiger partial charge in [-0.3, -0.25) is 24.1 Å². The van der Waals surface area contributed by atoms with Crippen LogP contribution in [0.4, 0.5) is 4.79 Å². The van der Waals surface area contributed by atoms with E-state index in [2.05, 4.69) is 26.8 Å². The van der Waals surface area contributed by atoms with Gasteiger partial charge in [-0.25, -0.2) is 18.2 Å². The highest BCUT2D eigenvalue weighted by atomic mass is 32.2. The van der Waals surface area contributed by atoms with Crippen molar-refractivity contribution in [2.24, 2.45) is 17.8 Å². The molecule has 4 heterocycles. The van der Waals surface area contributed by atoms with Crippen molar-refractivity contribution in [3.05, 3.63) is 42.5 Å². The lowest BCUT2D eigenvalue weighted by Gasteiger charge is -2.48. The number of benzene rings is 1. The number of morpholine rings is 1. The van der Waals surface area contributed by atoms with Crippen molar-refractivity contribution in [1.82, 2.24) is 30.1 Å². The number of sulfonamides is 1. The van der Waals surface area contributed by atoms with Crippen LogP contribution in [0, 0.1) is 17.8 Å². The molecule has 2 bridgehead atoms. The van der Waals surface area contributed by atoms with Crippen LogP contribution in [-0.4, -0.2) is 133 Å². The van der Waals surface area contributed by atoms with Crippen LogP contribution in [-0.2, 0) is 35.5 Å². The molecule has 4 aliphatic carbocycles. The maximum absolute atomic E-state index is 15.0. The van der Waals surface area contributed by atoms with Crippen molar-refractivity contribution >= 4 is 38.8 Å². The van der Waals surface area contributed by atoms with Crippen molar-refractivity contribution in [2.45, 2.75) is 150 Å². The van der Waals surface area contributed by atoms with Crippen LogP contribution in [0.2, 0.25) is 0 Å². The van der Waals surface area contributed by atoms with E-state index in [1.165, 1.54) is 0 Å². The number of hydrogen-bond donors (Lipinski definition) is 4. The molecule has 2 aromatic rings. The molecular weight excluding hydrogens is 853 g/mol. The molecule has 9 rings (SSSR count). The van der Waals surface area contributed by atoms with Crippen LogP contribution in [0.3, 0.4) is 0 Å². The number of ether oxygens (including phenoxy) is 4. The van der Waals surface area contributed by atoms with E-state index >= 15 is 0 Å². The number of hydrogen-bond acceptors (Lipinski definition) is 13. The molecule has 1 aromatic heterocycles. The molecule has 9 atom stereocenters. The number of alkyl carbamates (subject to hydrolysis) is 1. The molecule has 9 unspecified atom stereocenters. The average molecular weight is 921 g/mol. The van der Waals surface area contributed by atoms with Gasteiger partial charge in [-0.2, -0.15) is 0 Å². The number of para-hydroxylation sites is 1. The summed E-state index contributed by atoms with van der Waals surface area (Å²) in [5.74, 6) is -0.516. The smallest absolute Gasteiger partial charge is 0.407 e. The third-order valence-corrected chi connectivity index (χ3v) is 17.8. The molecule has 7 aliphatic rings. The Labute approximate surface area is 382 Å². The van der Waals surface area contributed by atoms with Gasteiger partial charge in [0.15, 0.2) is 0 Å². The highest BCUT2D eigenvalue weighted by molar-refractivity contribution is 7.91. The molecule has 4 saturated carbocycles. The quantitative estimate of drug-likeness (QED) is 0.226. The van der Waals surface area contributed by atoms with Crippen LogP contribution in [0.1, 0.15) is 109 Å². The number of amides is 3. The van der Waals surface area contributed by atoms with E-state index < -0.39 is 68.6 Å². The summed E-state index contributed by atoms with van der Waals surface area (Å²) in [5, 5.41) is 19.6. The summed E-state index contributed by atoms with van der Waals surface area (Å²) in [5.41, 5.74) is 0.00369. The summed E-state index contributed by atoms with van der Waals surface area (Å²) < 4.78 is 53.2. The van der Waals surface area contributed by atoms with Gasteiger partial charge < -0.3 is 34.7 Å². The highest BCUT2D eigenvalue weighted by Crippen LogP contribution is 2.45. The van der Waals surface area contributed by atoms with Gasteiger partial charge in [-0.05, 0) is 95.1 Å². The first-order valence-electron chi connectivity index (χ1n) is 24.3. The lowest BCUT2D eigenvalue weighted by molar-refractivity contribution is -0.143. The molecule has 4 N–H and O–H groups in total. The minimum absolute atomic E-state index is 0.0793. The Kier molecular flexibility index (Phi) is 13.7. The molecule has 0 radical (unpaired) electrons. The van der Waals surface area contributed by atoms with E-state index in [1.54, 1.807) is 17.9 Å². The molecular formula is C48H68N6O10S. The molecule has 16 nitrogen and oxygen atoms in total. The molecule has 2 saturated heterocycles. The molecule has 65 heavy (non-hydrogen) atoms. The summed E-state index contributed by atoms with van der Waals surface area (Å²) in [6, 6.07) is 6.08. The SMILES string of the molecule is C=CC1CCC1(NC(=O)C1CC2CN1C(O)C(C1CCCCC1)NC(=O)OC1CC1CCCCCc1c(nc3ccccc3c1OCCN1CCOCC1)O2)C(=O)NS(=O)(=O)C1(C)CC1. The molecule has 17 heteroatoms. The monoisotopic (exact) mass is 920 g/mol. The lowest BCUT2D eigenvalue weighted by atomic mass is 9.66. The van der Waals surface area contributed by atoms with Crippen molar-refractivity contribution in [2.75, 3.05) is 46.0 Å². The largest absolute Gasteiger partial charge is 0.491 e. The second-order valence-electron chi connectivity index (χ2n) is 20.0. The number of aliphatic hydroxyl groups is 1. The average Bonchev–Trinajstić information content (AvgIpc) is 4.19. The predicted octanol–water partition coefficient (Wildman–Crippen LogP) is 4.72. The number of nitrogens with zero attached hydrogens (tertiary/aromatic N) is 3. The fraction of sp³-hybridized carbons (Fsp3) is 0.708. The zero-order valence-electron chi connectivity index (χ0n) is 37.8. The number of aromatic nitrogens is 1. The van der Waals surface area contributed by atoms with Gasteiger partial charge in [-0.1, -0.05) is 50.3 Å². The number of pyridine rings is 1. The van der Waals surface area contributed by atoms with Gasteiger partial charge in [0.1, 0.15) is 36.3 Å². The van der Waals surface area contributed by atoms with E-state index in [-0.39, 0.29) is 37.3 Å². The first kappa shape index (κ1) is 46.1. The van der Waals surface area contributed by atoms with Gasteiger partial charge >= 0.3 is 6.09 Å². The van der Waals surface area contributed by atoms with Crippen molar-refractivity contribution in [3.63, 3.8) is 0 Å². The first-order valence-corrected chi connectivity index (χ1v) is 25.8. The molecule has 6 fully saturated rings. The predicted molar refractivity (Wildman–Crippen MR) is 243 cm³/mol. The van der Waals surface area contributed by atoms with Gasteiger partial charge in [0.25, 0.3) is 5.91 Å². The van der Waals surface area contributed by atoms with Crippen LogP contribution in [0.5, 0.6) is 11.6 Å². The van der Waals surface area contributed by atoms with E-state index in [0.717, 1.165) is 101 Å². The number of carbonyl (C=O) groups is 3. The minimum Gasteiger partial charge on any atom is -0.491 e. The number of nitrogens with one attached hydrogen (secondary N) is 3. The zero-order chi connectivity index (χ0) is 45.3. The summed E-state index contributed by atoms with van der Waals surface area (Å²) in [7, 11) is -4.01. The fourth-order valence-electron chi connectivity index (χ4n) is 10.9. The van der Waals surface area contributed by atoms with E-state index in [9.17, 15) is 27.9 Å². The second-order valence-corrected chi connectivity index (χ2v) is 22.2. The highest BCUT2D eigenvalue weighted by Gasteiger charge is 2.58. The third kappa shape index (κ3) is 9.86. The third-order valence-electron chi connectivity index (χ3n) is 15.6. The van der Waals surface area contributed by atoms with E-state index in [4.69, 9.17) is 23.9 Å². The molecule has 1 aromatic carbocycles. The molecule has 3 aliphatic heterocycles. The second kappa shape index (κ2) is 19.3. The number of rotatable bonds is 11. The Morgan fingerprint density at radius 2 is 1.74 bits per heavy atom. The lowest BCUT2D eigenvalue weighted by Crippen LogP contribution is -2.70. The summed E-state index contributed by atoms with van der Waals surface area (Å²) in [4.78, 5) is 51.9.